The van der Waals surface area contributed by atoms with Crippen molar-refractivity contribution in [3.63, 3.8) is 0 Å². The fourth-order valence-electron chi connectivity index (χ4n) is 3.14. The van der Waals surface area contributed by atoms with Gasteiger partial charge in [0.1, 0.15) is 5.75 Å². The van der Waals surface area contributed by atoms with E-state index in [1.54, 1.807) is 7.11 Å². The molecular formula is C19H19F3N2OS. The number of fused-ring (bicyclic) bond motifs is 1. The van der Waals surface area contributed by atoms with Gasteiger partial charge in [-0.25, -0.2) is 0 Å². The number of hydrogen-bond acceptors (Lipinski definition) is 2. The van der Waals surface area contributed by atoms with Crippen LogP contribution in [0.1, 0.15) is 35.6 Å². The van der Waals surface area contributed by atoms with E-state index in [0.717, 1.165) is 37.1 Å². The van der Waals surface area contributed by atoms with Crippen molar-refractivity contribution >= 4 is 23.0 Å². The molecule has 0 fully saturated rings. The van der Waals surface area contributed by atoms with Gasteiger partial charge in [-0.3, -0.25) is 0 Å². The van der Waals surface area contributed by atoms with Gasteiger partial charge in [0.05, 0.1) is 18.7 Å². The van der Waals surface area contributed by atoms with Gasteiger partial charge in [0.2, 0.25) is 0 Å². The molecule has 1 aliphatic rings. The SMILES string of the molecule is COc1ccc2c(c1)CCC[C@@H]2NC(=S)Nc1ccc(C(F)(F)F)cc1. The lowest BCUT2D eigenvalue weighted by atomic mass is 9.87. The molecule has 2 aromatic rings. The van der Waals surface area contributed by atoms with Crippen LogP contribution in [0, 0.1) is 0 Å². The average molecular weight is 380 g/mol. The lowest BCUT2D eigenvalue weighted by molar-refractivity contribution is -0.137. The zero-order valence-corrected chi connectivity index (χ0v) is 15.0. The Morgan fingerprint density at radius 2 is 1.88 bits per heavy atom. The summed E-state index contributed by atoms with van der Waals surface area (Å²) in [5, 5.41) is 6.60. The van der Waals surface area contributed by atoms with Gasteiger partial charge in [-0.15, -0.1) is 0 Å². The van der Waals surface area contributed by atoms with Crippen molar-refractivity contribution in [2.75, 3.05) is 12.4 Å². The number of rotatable bonds is 3. The highest BCUT2D eigenvalue weighted by molar-refractivity contribution is 7.80. The molecule has 3 rings (SSSR count). The Labute approximate surface area is 155 Å². The molecule has 1 aliphatic carbocycles. The van der Waals surface area contributed by atoms with Gasteiger partial charge < -0.3 is 15.4 Å². The molecule has 0 aliphatic heterocycles. The van der Waals surface area contributed by atoms with Crippen molar-refractivity contribution < 1.29 is 17.9 Å². The number of ether oxygens (including phenoxy) is 1. The summed E-state index contributed by atoms with van der Waals surface area (Å²) in [5.74, 6) is 0.829. The first-order chi connectivity index (χ1) is 12.4. The molecule has 0 bridgehead atoms. The van der Waals surface area contributed by atoms with Gasteiger partial charge >= 0.3 is 6.18 Å². The summed E-state index contributed by atoms with van der Waals surface area (Å²) < 4.78 is 43.1. The molecule has 2 aromatic carbocycles. The number of halogens is 3. The van der Waals surface area contributed by atoms with E-state index in [4.69, 9.17) is 17.0 Å². The molecule has 138 valence electrons. The normalized spacial score (nSPS) is 16.5. The van der Waals surface area contributed by atoms with Crippen molar-refractivity contribution in [2.24, 2.45) is 0 Å². The zero-order chi connectivity index (χ0) is 18.7. The van der Waals surface area contributed by atoms with Crippen LogP contribution in [0.3, 0.4) is 0 Å². The van der Waals surface area contributed by atoms with E-state index in [9.17, 15) is 13.2 Å². The lowest BCUT2D eigenvalue weighted by Gasteiger charge is -2.28. The Kier molecular flexibility index (Phi) is 5.36. The number of methoxy groups -OCH3 is 1. The van der Waals surface area contributed by atoms with Gasteiger partial charge in [0, 0.05) is 5.69 Å². The summed E-state index contributed by atoms with van der Waals surface area (Å²) >= 11 is 5.33. The molecule has 0 amide bonds. The second-order valence-corrected chi connectivity index (χ2v) is 6.59. The molecule has 2 N–H and O–H groups in total. The van der Waals surface area contributed by atoms with Crippen LogP contribution in [0.2, 0.25) is 0 Å². The fraction of sp³-hybridized carbons (Fsp3) is 0.316. The number of alkyl halides is 3. The van der Waals surface area contributed by atoms with Crippen LogP contribution in [0.4, 0.5) is 18.9 Å². The van der Waals surface area contributed by atoms with Gasteiger partial charge in [-0.2, -0.15) is 13.2 Å². The summed E-state index contributed by atoms with van der Waals surface area (Å²) in [6, 6.07) is 10.9. The summed E-state index contributed by atoms with van der Waals surface area (Å²) in [6.07, 6.45) is -1.39. The monoisotopic (exact) mass is 380 g/mol. The fourth-order valence-corrected chi connectivity index (χ4v) is 3.40. The molecule has 0 saturated heterocycles. The zero-order valence-electron chi connectivity index (χ0n) is 14.2. The van der Waals surface area contributed by atoms with E-state index in [2.05, 4.69) is 10.6 Å². The van der Waals surface area contributed by atoms with E-state index in [-0.39, 0.29) is 6.04 Å². The predicted molar refractivity (Wildman–Crippen MR) is 99.5 cm³/mol. The third-order valence-electron chi connectivity index (χ3n) is 4.44. The average Bonchev–Trinajstić information content (AvgIpc) is 2.61. The quantitative estimate of drug-likeness (QED) is 0.728. The van der Waals surface area contributed by atoms with Crippen molar-refractivity contribution in [3.8, 4) is 5.75 Å². The molecule has 0 aromatic heterocycles. The Morgan fingerprint density at radius 3 is 2.54 bits per heavy atom. The second kappa shape index (κ2) is 7.53. The molecule has 0 radical (unpaired) electrons. The first kappa shape index (κ1) is 18.5. The Hall–Kier alpha value is -2.28. The molecule has 1 atom stereocenters. The predicted octanol–water partition coefficient (Wildman–Crippen LogP) is 5.08. The lowest BCUT2D eigenvalue weighted by Crippen LogP contribution is -2.34. The minimum Gasteiger partial charge on any atom is -0.497 e. The van der Waals surface area contributed by atoms with E-state index in [0.29, 0.717) is 10.8 Å². The molecular weight excluding hydrogens is 361 g/mol. The van der Waals surface area contributed by atoms with E-state index in [1.807, 2.05) is 18.2 Å². The highest BCUT2D eigenvalue weighted by Gasteiger charge is 2.30. The van der Waals surface area contributed by atoms with E-state index in [1.165, 1.54) is 23.3 Å². The van der Waals surface area contributed by atoms with Crippen molar-refractivity contribution in [1.82, 2.24) is 5.32 Å². The Bertz CT molecular complexity index is 790. The number of hydrogen-bond donors (Lipinski definition) is 2. The third-order valence-corrected chi connectivity index (χ3v) is 4.66. The minimum absolute atomic E-state index is 0.0686. The van der Waals surface area contributed by atoms with Crippen LogP contribution in [0.5, 0.6) is 5.75 Å². The Balaban J connectivity index is 1.66. The maximum Gasteiger partial charge on any atom is 0.416 e. The molecule has 26 heavy (non-hydrogen) atoms. The Morgan fingerprint density at radius 1 is 1.15 bits per heavy atom. The highest BCUT2D eigenvalue weighted by Crippen LogP contribution is 2.32. The molecule has 0 saturated carbocycles. The van der Waals surface area contributed by atoms with E-state index >= 15 is 0 Å². The number of nitrogens with one attached hydrogen (secondary N) is 2. The first-order valence-electron chi connectivity index (χ1n) is 8.28. The van der Waals surface area contributed by atoms with Gasteiger partial charge in [0.25, 0.3) is 0 Å². The summed E-state index contributed by atoms with van der Waals surface area (Å²) in [7, 11) is 1.64. The molecule has 0 heterocycles. The van der Waals surface area contributed by atoms with E-state index < -0.39 is 11.7 Å². The van der Waals surface area contributed by atoms with Crippen LogP contribution in [0.25, 0.3) is 0 Å². The maximum atomic E-state index is 12.6. The van der Waals surface area contributed by atoms with Crippen LogP contribution in [-0.2, 0) is 12.6 Å². The molecule has 7 heteroatoms. The summed E-state index contributed by atoms with van der Waals surface area (Å²) in [6.45, 7) is 0. The number of benzene rings is 2. The largest absolute Gasteiger partial charge is 0.497 e. The smallest absolute Gasteiger partial charge is 0.416 e. The minimum atomic E-state index is -4.34. The first-order valence-corrected chi connectivity index (χ1v) is 8.69. The molecule has 3 nitrogen and oxygen atoms in total. The van der Waals surface area contributed by atoms with Crippen LogP contribution in [0.15, 0.2) is 42.5 Å². The maximum absolute atomic E-state index is 12.6. The number of aryl methyl sites for hydroxylation is 1. The number of anilines is 1. The summed E-state index contributed by atoms with van der Waals surface area (Å²) in [5.41, 5.74) is 2.23. The van der Waals surface area contributed by atoms with Crippen molar-refractivity contribution in [2.45, 2.75) is 31.5 Å². The third kappa shape index (κ3) is 4.27. The highest BCUT2D eigenvalue weighted by atomic mass is 32.1. The standard InChI is InChI=1S/C19H19F3N2OS/c1-25-15-9-10-16-12(11-15)3-2-4-17(16)24-18(26)23-14-7-5-13(6-8-14)19(20,21)22/h5-11,17H,2-4H2,1H3,(H2,23,24,26)/t17-/m0/s1. The topological polar surface area (TPSA) is 33.3 Å². The molecule has 0 spiro atoms. The second-order valence-electron chi connectivity index (χ2n) is 6.18. The molecule has 0 unspecified atom stereocenters. The van der Waals surface area contributed by atoms with Gasteiger partial charge in [-0.05, 0) is 79.0 Å². The van der Waals surface area contributed by atoms with Crippen LogP contribution >= 0.6 is 12.2 Å². The number of thiocarbonyl (C=S) groups is 1. The van der Waals surface area contributed by atoms with Gasteiger partial charge in [0.15, 0.2) is 5.11 Å². The van der Waals surface area contributed by atoms with Gasteiger partial charge in [-0.1, -0.05) is 6.07 Å². The summed E-state index contributed by atoms with van der Waals surface area (Å²) in [4.78, 5) is 0. The van der Waals surface area contributed by atoms with Crippen LogP contribution < -0.4 is 15.4 Å². The van der Waals surface area contributed by atoms with Crippen molar-refractivity contribution in [3.05, 3.63) is 59.2 Å². The van der Waals surface area contributed by atoms with Crippen molar-refractivity contribution in [1.29, 1.82) is 0 Å². The van der Waals surface area contributed by atoms with Crippen LogP contribution in [-0.4, -0.2) is 12.2 Å².